The Morgan fingerprint density at radius 2 is 1.86 bits per heavy atom. The second-order valence-corrected chi connectivity index (χ2v) is 3.52. The van der Waals surface area contributed by atoms with Crippen LogP contribution in [0.4, 0.5) is 0 Å². The van der Waals surface area contributed by atoms with Crippen LogP contribution in [0, 0.1) is 0 Å². The predicted molar refractivity (Wildman–Crippen MR) is 34.7 cm³/mol. The Bertz CT molecular complexity index is 23.4. The van der Waals surface area contributed by atoms with Gasteiger partial charge in [0.15, 0.2) is 0 Å². The zero-order valence-electron chi connectivity index (χ0n) is 4.98. The van der Waals surface area contributed by atoms with Crippen molar-refractivity contribution < 1.29 is 0 Å². The molecule has 0 nitrogen and oxygen atoms in total. The first-order valence-electron chi connectivity index (χ1n) is 3.02. The van der Waals surface area contributed by atoms with Crippen LogP contribution >= 0.6 is 0 Å². The average Bonchev–Trinajstić information content (AvgIpc) is 1.69. The average molecular weight is 294 g/mol. The molecule has 0 unspecified atom stereocenters. The van der Waals surface area contributed by atoms with Crippen LogP contribution in [-0.4, -0.2) is 24.7 Å². The first-order chi connectivity index (χ1) is 3.41. The van der Waals surface area contributed by atoms with Crippen molar-refractivity contribution in [1.29, 1.82) is 0 Å². The molecule has 0 fully saturated rings. The van der Waals surface area contributed by atoms with E-state index in [1.807, 2.05) is 0 Å². The molecule has 42 valence electrons. The van der Waals surface area contributed by atoms with Crippen LogP contribution in [0.5, 0.6) is 0 Å². The molecule has 0 rings (SSSR count). The third-order valence-corrected chi connectivity index (χ3v) is 2.24. The van der Waals surface area contributed by atoms with Gasteiger partial charge in [-0.05, 0) is 0 Å². The molecule has 0 aromatic carbocycles. The molecule has 0 aliphatic rings. The molecule has 0 heterocycles. The summed E-state index contributed by atoms with van der Waals surface area (Å²) in [5, 5.41) is 0. The molecule has 0 amide bonds. The molecular formula is C6H13Bi. The summed E-state index contributed by atoms with van der Waals surface area (Å²) in [6.45, 7) is 2.25. The number of rotatable bonds is 4. The fourth-order valence-corrected chi connectivity index (χ4v) is 1.41. The van der Waals surface area contributed by atoms with E-state index in [0.717, 1.165) is 0 Å². The zero-order chi connectivity index (χ0) is 5.54. The van der Waals surface area contributed by atoms with E-state index in [-0.39, 0.29) is 0 Å². The second-order valence-electron chi connectivity index (χ2n) is 1.78. The van der Waals surface area contributed by atoms with Crippen LogP contribution in [0.25, 0.3) is 0 Å². The summed E-state index contributed by atoms with van der Waals surface area (Å²) in [5.74, 6) is 0. The summed E-state index contributed by atoms with van der Waals surface area (Å²) >= 11 is 1.57. The van der Waals surface area contributed by atoms with Crippen LogP contribution < -0.4 is 0 Å². The molecular weight excluding hydrogens is 281 g/mol. The van der Waals surface area contributed by atoms with Crippen molar-refractivity contribution in [2.75, 3.05) is 0 Å². The van der Waals surface area contributed by atoms with Gasteiger partial charge in [-0.1, -0.05) is 0 Å². The summed E-state index contributed by atoms with van der Waals surface area (Å²) in [4.78, 5) is 0. The van der Waals surface area contributed by atoms with Crippen molar-refractivity contribution in [2.24, 2.45) is 0 Å². The number of unbranched alkanes of at least 4 members (excludes halogenated alkanes) is 3. The third kappa shape index (κ3) is 6.88. The topological polar surface area (TPSA) is 0 Å². The molecule has 0 aromatic heterocycles. The Balaban J connectivity index is 2.45. The Labute approximate surface area is 61.5 Å². The van der Waals surface area contributed by atoms with E-state index in [4.69, 9.17) is 0 Å². The maximum atomic E-state index is 2.25. The van der Waals surface area contributed by atoms with Gasteiger partial charge >= 0.3 is 61.5 Å². The fourth-order valence-electron chi connectivity index (χ4n) is 0.539. The first-order valence-corrected chi connectivity index (χ1v) is 5.48. The van der Waals surface area contributed by atoms with E-state index in [2.05, 4.69) is 6.92 Å². The summed E-state index contributed by atoms with van der Waals surface area (Å²) in [5.41, 5.74) is 0. The van der Waals surface area contributed by atoms with Gasteiger partial charge in [-0.15, -0.1) is 0 Å². The molecule has 0 aromatic rings. The van der Waals surface area contributed by atoms with Crippen molar-refractivity contribution in [3.63, 3.8) is 0 Å². The SMILES string of the molecule is CCCCC[CH2][Bi]. The zero-order valence-corrected chi connectivity index (χ0v) is 8.46. The van der Waals surface area contributed by atoms with Gasteiger partial charge in [0.2, 0.25) is 0 Å². The molecule has 7 heavy (non-hydrogen) atoms. The molecule has 2 radical (unpaired) electrons. The minimum atomic E-state index is 1.37. The van der Waals surface area contributed by atoms with E-state index in [1.165, 1.54) is 29.8 Å². The summed E-state index contributed by atoms with van der Waals surface area (Å²) in [6, 6.07) is 0. The Morgan fingerprint density at radius 1 is 1.14 bits per heavy atom. The number of hydrogen-bond acceptors (Lipinski definition) is 0. The second kappa shape index (κ2) is 6.88. The van der Waals surface area contributed by atoms with E-state index >= 15 is 0 Å². The quantitative estimate of drug-likeness (QED) is 0.550. The Kier molecular flexibility index (Phi) is 7.75. The molecule has 1 heteroatoms. The number of hydrogen-bond donors (Lipinski definition) is 0. The van der Waals surface area contributed by atoms with Crippen LogP contribution in [0.1, 0.15) is 32.6 Å². The van der Waals surface area contributed by atoms with Crippen LogP contribution in [0.15, 0.2) is 0 Å². The van der Waals surface area contributed by atoms with Crippen LogP contribution in [0.2, 0.25) is 4.13 Å². The van der Waals surface area contributed by atoms with Crippen molar-refractivity contribution >= 4 is 24.7 Å². The van der Waals surface area contributed by atoms with Crippen LogP contribution in [-0.2, 0) is 0 Å². The van der Waals surface area contributed by atoms with E-state index in [9.17, 15) is 0 Å². The molecule has 0 aliphatic heterocycles. The molecule has 0 spiro atoms. The van der Waals surface area contributed by atoms with Gasteiger partial charge in [0, 0.05) is 0 Å². The molecule has 0 saturated heterocycles. The van der Waals surface area contributed by atoms with Crippen molar-refractivity contribution in [2.45, 2.75) is 36.7 Å². The van der Waals surface area contributed by atoms with Crippen LogP contribution in [0.3, 0.4) is 0 Å². The van der Waals surface area contributed by atoms with Crippen molar-refractivity contribution in [3.8, 4) is 0 Å². The van der Waals surface area contributed by atoms with E-state index in [1.54, 1.807) is 24.7 Å². The van der Waals surface area contributed by atoms with Gasteiger partial charge in [-0.3, -0.25) is 0 Å². The maximum absolute atomic E-state index is 2.25. The van der Waals surface area contributed by atoms with Crippen molar-refractivity contribution in [1.82, 2.24) is 0 Å². The van der Waals surface area contributed by atoms with Gasteiger partial charge in [0.25, 0.3) is 0 Å². The third-order valence-electron chi connectivity index (χ3n) is 1.01. The molecule has 0 N–H and O–H groups in total. The summed E-state index contributed by atoms with van der Waals surface area (Å²) in [7, 11) is 0. The minimum absolute atomic E-state index is 1.37. The van der Waals surface area contributed by atoms with Gasteiger partial charge < -0.3 is 0 Å². The van der Waals surface area contributed by atoms with Gasteiger partial charge in [-0.2, -0.15) is 0 Å². The molecule has 0 saturated carbocycles. The van der Waals surface area contributed by atoms with Gasteiger partial charge in [0.05, 0.1) is 0 Å². The summed E-state index contributed by atoms with van der Waals surface area (Å²) < 4.78 is 1.47. The van der Waals surface area contributed by atoms with Crippen molar-refractivity contribution in [3.05, 3.63) is 0 Å². The first kappa shape index (κ1) is 7.88. The Morgan fingerprint density at radius 3 is 2.29 bits per heavy atom. The van der Waals surface area contributed by atoms with E-state index in [0.29, 0.717) is 0 Å². The van der Waals surface area contributed by atoms with Gasteiger partial charge in [0.1, 0.15) is 0 Å². The normalized spacial score (nSPS) is 9.43. The standard InChI is InChI=1S/C6H13.Bi/c1-3-5-6-4-2;/h1,3-6H2,2H3;. The molecule has 0 bridgehead atoms. The monoisotopic (exact) mass is 294 g/mol. The fraction of sp³-hybridized carbons (Fsp3) is 1.00. The molecule has 0 atom stereocenters. The summed E-state index contributed by atoms with van der Waals surface area (Å²) in [6.07, 6.45) is 5.75. The predicted octanol–water partition coefficient (Wildman–Crippen LogP) is 2.15. The van der Waals surface area contributed by atoms with Gasteiger partial charge in [-0.25, -0.2) is 0 Å². The molecule has 0 aliphatic carbocycles. The van der Waals surface area contributed by atoms with E-state index < -0.39 is 0 Å². The Hall–Kier alpha value is 0.883.